The van der Waals surface area contributed by atoms with Crippen LogP contribution in [0.4, 0.5) is 10.6 Å². The Morgan fingerprint density at radius 3 is 2.49 bits per heavy atom. The third kappa shape index (κ3) is 5.86. The van der Waals surface area contributed by atoms with Gasteiger partial charge in [-0.15, -0.1) is 0 Å². The number of carbonyl (C=O) groups is 1. The number of ether oxygens (including phenoxy) is 1. The van der Waals surface area contributed by atoms with Crippen LogP contribution in [-0.2, 0) is 14.8 Å². The first-order valence-corrected chi connectivity index (χ1v) is 14.5. The Kier molecular flexibility index (Phi) is 7.26. The second-order valence-electron chi connectivity index (χ2n) is 10.5. The van der Waals surface area contributed by atoms with Crippen molar-refractivity contribution < 1.29 is 17.9 Å². The second-order valence-corrected chi connectivity index (χ2v) is 12.7. The maximum absolute atomic E-state index is 13.5. The van der Waals surface area contributed by atoms with Gasteiger partial charge in [-0.2, -0.15) is 0 Å². The Labute approximate surface area is 232 Å². The van der Waals surface area contributed by atoms with Crippen LogP contribution in [-0.4, -0.2) is 58.1 Å². The number of fused-ring (bicyclic) bond motifs is 1. The van der Waals surface area contributed by atoms with E-state index in [1.54, 1.807) is 59.8 Å². The highest BCUT2D eigenvalue weighted by atomic mass is 35.5. The summed E-state index contributed by atoms with van der Waals surface area (Å²) in [5, 5.41) is 4.39. The zero-order chi connectivity index (χ0) is 27.8. The molecule has 1 N–H and O–H groups in total. The van der Waals surface area contributed by atoms with Crippen molar-refractivity contribution in [2.45, 2.75) is 50.2 Å². The molecule has 0 atom stereocenters. The van der Waals surface area contributed by atoms with Gasteiger partial charge in [0.15, 0.2) is 5.65 Å². The Balaban J connectivity index is 1.41. The van der Waals surface area contributed by atoms with Gasteiger partial charge in [-0.1, -0.05) is 29.8 Å². The number of halogens is 1. The molecule has 4 heterocycles. The summed E-state index contributed by atoms with van der Waals surface area (Å²) in [6, 6.07) is 15.5. The summed E-state index contributed by atoms with van der Waals surface area (Å²) < 4.78 is 33.6. The lowest BCUT2D eigenvalue weighted by atomic mass is 10.0. The molecule has 3 aromatic heterocycles. The lowest BCUT2D eigenvalue weighted by molar-refractivity contribution is 0.0210. The molecule has 204 valence electrons. The molecule has 0 bridgehead atoms. The molecule has 5 rings (SSSR count). The molecule has 1 aliphatic heterocycles. The zero-order valence-corrected chi connectivity index (χ0v) is 23.5. The van der Waals surface area contributed by atoms with Crippen molar-refractivity contribution >= 4 is 44.6 Å². The van der Waals surface area contributed by atoms with Crippen molar-refractivity contribution in [3.05, 3.63) is 72.1 Å². The highest BCUT2D eigenvalue weighted by Gasteiger charge is 2.27. The van der Waals surface area contributed by atoms with Crippen molar-refractivity contribution in [3.8, 4) is 11.1 Å². The van der Waals surface area contributed by atoms with E-state index in [2.05, 4.69) is 15.3 Å². The zero-order valence-electron chi connectivity index (χ0n) is 22.0. The first kappa shape index (κ1) is 27.0. The molecule has 11 heteroatoms. The fraction of sp³-hybridized carbons (Fsp3) is 0.321. The van der Waals surface area contributed by atoms with Gasteiger partial charge in [-0.05, 0) is 75.6 Å². The highest BCUT2D eigenvalue weighted by molar-refractivity contribution is 7.90. The average Bonchev–Trinajstić information content (AvgIpc) is 3.29. The number of nitrogens with zero attached hydrogens (tertiary/aromatic N) is 4. The molecule has 1 amide bonds. The number of benzene rings is 1. The first-order chi connectivity index (χ1) is 18.5. The fourth-order valence-electron chi connectivity index (χ4n) is 4.62. The molecule has 1 fully saturated rings. The second kappa shape index (κ2) is 10.5. The van der Waals surface area contributed by atoms with Crippen LogP contribution in [0.15, 0.2) is 71.9 Å². The topological polar surface area (TPSA) is 106 Å². The van der Waals surface area contributed by atoms with Crippen LogP contribution >= 0.6 is 11.6 Å². The van der Waals surface area contributed by atoms with Gasteiger partial charge in [0.1, 0.15) is 16.6 Å². The van der Waals surface area contributed by atoms with Gasteiger partial charge in [0.05, 0.1) is 4.90 Å². The van der Waals surface area contributed by atoms with Crippen molar-refractivity contribution in [1.29, 1.82) is 0 Å². The quantitative estimate of drug-likeness (QED) is 0.304. The molecule has 39 heavy (non-hydrogen) atoms. The van der Waals surface area contributed by atoms with Gasteiger partial charge in [0, 0.05) is 42.5 Å². The van der Waals surface area contributed by atoms with Gasteiger partial charge < -0.3 is 15.0 Å². The molecule has 0 spiro atoms. The fourth-order valence-corrected chi connectivity index (χ4v) is 6.17. The van der Waals surface area contributed by atoms with Crippen LogP contribution in [0.25, 0.3) is 22.2 Å². The molecule has 4 aromatic rings. The lowest BCUT2D eigenvalue weighted by Gasteiger charge is -2.34. The minimum absolute atomic E-state index is 0.0870. The summed E-state index contributed by atoms with van der Waals surface area (Å²) >= 11 is 6.43. The Bertz CT molecular complexity index is 1610. The van der Waals surface area contributed by atoms with Crippen molar-refractivity contribution in [2.24, 2.45) is 0 Å². The number of aromatic nitrogens is 3. The molecule has 0 unspecified atom stereocenters. The highest BCUT2D eigenvalue weighted by Crippen LogP contribution is 2.34. The average molecular weight is 568 g/mol. The first-order valence-electron chi connectivity index (χ1n) is 12.7. The van der Waals surface area contributed by atoms with Crippen LogP contribution < -0.4 is 5.32 Å². The number of pyridine rings is 2. The normalized spacial score (nSPS) is 14.9. The van der Waals surface area contributed by atoms with Gasteiger partial charge in [-0.25, -0.2) is 27.2 Å². The van der Waals surface area contributed by atoms with Gasteiger partial charge in [0.2, 0.25) is 0 Å². The number of hydrogen-bond acceptors (Lipinski definition) is 7. The summed E-state index contributed by atoms with van der Waals surface area (Å²) in [5.74, 6) is 0.573. The van der Waals surface area contributed by atoms with Crippen molar-refractivity contribution in [2.75, 3.05) is 18.4 Å². The van der Waals surface area contributed by atoms with E-state index in [4.69, 9.17) is 16.3 Å². The number of likely N-dealkylation sites (tertiary alicyclic amines) is 1. The standard InChI is InChI=1S/C28H30ClN5O4S/c1-28(2,3)38-27(35)33-14-11-20(12-15-33)31-25-17-19(16-24(29)32-25)23-18-34(26-22(23)10-7-13-30-26)39(36,37)21-8-5-4-6-9-21/h4-10,13,16-18,20H,11-12,14-15H2,1-3H3,(H,31,32). The Hall–Kier alpha value is -3.63. The molecule has 0 aliphatic carbocycles. The van der Waals surface area contributed by atoms with E-state index in [0.29, 0.717) is 41.1 Å². The minimum Gasteiger partial charge on any atom is -0.444 e. The molecule has 1 saturated heterocycles. The third-order valence-electron chi connectivity index (χ3n) is 6.44. The molecule has 0 saturated carbocycles. The summed E-state index contributed by atoms with van der Waals surface area (Å²) in [7, 11) is -3.87. The largest absolute Gasteiger partial charge is 0.444 e. The molecular weight excluding hydrogens is 538 g/mol. The summed E-state index contributed by atoms with van der Waals surface area (Å²) in [4.78, 5) is 23.1. The van der Waals surface area contributed by atoms with E-state index in [-0.39, 0.29) is 22.2 Å². The maximum Gasteiger partial charge on any atom is 0.410 e. The number of rotatable bonds is 5. The number of nitrogens with one attached hydrogen (secondary N) is 1. The van der Waals surface area contributed by atoms with Crippen LogP contribution in [0.3, 0.4) is 0 Å². The van der Waals surface area contributed by atoms with E-state index < -0.39 is 15.6 Å². The van der Waals surface area contributed by atoms with E-state index in [9.17, 15) is 13.2 Å². The van der Waals surface area contributed by atoms with E-state index in [0.717, 1.165) is 12.8 Å². The van der Waals surface area contributed by atoms with E-state index in [1.807, 2.05) is 32.9 Å². The van der Waals surface area contributed by atoms with Crippen LogP contribution in [0.1, 0.15) is 33.6 Å². The lowest BCUT2D eigenvalue weighted by Crippen LogP contribution is -2.44. The maximum atomic E-state index is 13.5. The van der Waals surface area contributed by atoms with Gasteiger partial charge in [-0.3, -0.25) is 0 Å². The number of hydrogen-bond donors (Lipinski definition) is 1. The number of amides is 1. The summed E-state index contributed by atoms with van der Waals surface area (Å²) in [6.45, 7) is 6.69. The summed E-state index contributed by atoms with van der Waals surface area (Å²) in [6.07, 6.45) is 4.29. The van der Waals surface area contributed by atoms with Gasteiger partial charge >= 0.3 is 6.09 Å². The van der Waals surface area contributed by atoms with Crippen LogP contribution in [0.2, 0.25) is 5.15 Å². The van der Waals surface area contributed by atoms with Crippen LogP contribution in [0.5, 0.6) is 0 Å². The smallest absolute Gasteiger partial charge is 0.410 e. The van der Waals surface area contributed by atoms with Crippen molar-refractivity contribution in [1.82, 2.24) is 18.8 Å². The molecule has 1 aromatic carbocycles. The Morgan fingerprint density at radius 2 is 1.79 bits per heavy atom. The van der Waals surface area contributed by atoms with E-state index in [1.165, 1.54) is 3.97 Å². The van der Waals surface area contributed by atoms with Crippen LogP contribution in [0, 0.1) is 0 Å². The predicted molar refractivity (Wildman–Crippen MR) is 151 cm³/mol. The summed E-state index contributed by atoms with van der Waals surface area (Å²) in [5.41, 5.74) is 1.17. The number of piperidine rings is 1. The third-order valence-corrected chi connectivity index (χ3v) is 8.29. The SMILES string of the molecule is CC(C)(C)OC(=O)N1CCC(Nc2cc(-c3cn(S(=O)(=O)c4ccccc4)c4ncccc34)cc(Cl)n2)CC1. The molecule has 0 radical (unpaired) electrons. The van der Waals surface area contributed by atoms with Crippen molar-refractivity contribution in [3.63, 3.8) is 0 Å². The molecule has 9 nitrogen and oxygen atoms in total. The predicted octanol–water partition coefficient (Wildman–Crippen LogP) is 5.80. The molecule has 1 aliphatic rings. The molecular formula is C28H30ClN5O4S. The van der Waals surface area contributed by atoms with Gasteiger partial charge in [0.25, 0.3) is 10.0 Å². The minimum atomic E-state index is -3.87. The Morgan fingerprint density at radius 1 is 1.08 bits per heavy atom. The van der Waals surface area contributed by atoms with E-state index >= 15 is 0 Å². The number of anilines is 1. The monoisotopic (exact) mass is 567 g/mol. The number of carbonyl (C=O) groups excluding carboxylic acids is 1.